The first-order chi connectivity index (χ1) is 8.36. The van der Waals surface area contributed by atoms with E-state index < -0.39 is 5.97 Å². The number of halogens is 1. The van der Waals surface area contributed by atoms with Crippen LogP contribution in [0.2, 0.25) is 5.02 Å². The van der Waals surface area contributed by atoms with Gasteiger partial charge in [-0.25, -0.2) is 4.79 Å². The van der Waals surface area contributed by atoms with E-state index in [1.165, 1.54) is 0 Å². The number of rotatable bonds is 4. The summed E-state index contributed by atoms with van der Waals surface area (Å²) in [7, 11) is 1.58. The summed E-state index contributed by atoms with van der Waals surface area (Å²) >= 11 is 6.07. The first-order valence-electron chi connectivity index (χ1n) is 5.65. The Labute approximate surface area is 112 Å². The lowest BCUT2D eigenvalue weighted by atomic mass is 9.96. The van der Waals surface area contributed by atoms with Crippen LogP contribution in [0.3, 0.4) is 0 Å². The number of allylic oxidation sites excluding steroid dienone is 1. The number of carbonyl (C=O) groups is 1. The van der Waals surface area contributed by atoms with Crippen LogP contribution in [-0.4, -0.2) is 18.2 Å². The van der Waals surface area contributed by atoms with Crippen molar-refractivity contribution < 1.29 is 14.6 Å². The fourth-order valence-corrected chi connectivity index (χ4v) is 2.05. The number of benzene rings is 1. The van der Waals surface area contributed by atoms with Crippen molar-refractivity contribution in [2.24, 2.45) is 0 Å². The fraction of sp³-hybridized carbons (Fsp3) is 0.357. The molecule has 0 spiro atoms. The van der Waals surface area contributed by atoms with E-state index in [-0.39, 0.29) is 5.92 Å². The molecule has 1 N–H and O–H groups in total. The van der Waals surface area contributed by atoms with Gasteiger partial charge in [-0.05, 0) is 36.1 Å². The second-order valence-electron chi connectivity index (χ2n) is 4.40. The summed E-state index contributed by atoms with van der Waals surface area (Å²) in [6.07, 6.45) is 1.15. The van der Waals surface area contributed by atoms with Gasteiger partial charge in [0, 0.05) is 16.7 Å². The highest BCUT2D eigenvalue weighted by Gasteiger charge is 2.15. The van der Waals surface area contributed by atoms with Crippen LogP contribution in [-0.2, 0) is 4.79 Å². The molecule has 0 atom stereocenters. The minimum Gasteiger partial charge on any atom is -0.496 e. The predicted octanol–water partition coefficient (Wildman–Crippen LogP) is 3.96. The topological polar surface area (TPSA) is 46.5 Å². The maximum atomic E-state index is 10.7. The van der Waals surface area contributed by atoms with Crippen molar-refractivity contribution in [1.29, 1.82) is 0 Å². The van der Waals surface area contributed by atoms with Crippen LogP contribution in [0.25, 0.3) is 5.57 Å². The van der Waals surface area contributed by atoms with Crippen LogP contribution in [0.1, 0.15) is 37.8 Å². The number of hydrogen-bond donors (Lipinski definition) is 1. The zero-order chi connectivity index (χ0) is 13.9. The molecular formula is C14H17ClO3. The van der Waals surface area contributed by atoms with E-state index in [2.05, 4.69) is 0 Å². The largest absolute Gasteiger partial charge is 0.496 e. The summed E-state index contributed by atoms with van der Waals surface area (Å²) in [6.45, 7) is 5.80. The van der Waals surface area contributed by atoms with Gasteiger partial charge >= 0.3 is 5.97 Å². The quantitative estimate of drug-likeness (QED) is 0.841. The molecule has 1 aromatic rings. The first-order valence-corrected chi connectivity index (χ1v) is 6.03. The molecule has 18 heavy (non-hydrogen) atoms. The van der Waals surface area contributed by atoms with Gasteiger partial charge in [0.1, 0.15) is 5.75 Å². The third-order valence-corrected chi connectivity index (χ3v) is 2.89. The zero-order valence-electron chi connectivity index (χ0n) is 11.0. The van der Waals surface area contributed by atoms with Crippen LogP contribution in [0.5, 0.6) is 5.75 Å². The van der Waals surface area contributed by atoms with E-state index in [9.17, 15) is 4.79 Å². The minimum atomic E-state index is -0.986. The Bertz CT molecular complexity index is 490. The molecule has 0 aliphatic heterocycles. The normalized spacial score (nSPS) is 11.8. The highest BCUT2D eigenvalue weighted by Crippen LogP contribution is 2.36. The summed E-state index contributed by atoms with van der Waals surface area (Å²) in [5.41, 5.74) is 2.30. The fourth-order valence-electron chi connectivity index (χ4n) is 1.83. The molecule has 0 unspecified atom stereocenters. The molecule has 0 radical (unpaired) electrons. The molecule has 0 aliphatic rings. The second-order valence-corrected chi connectivity index (χ2v) is 4.83. The van der Waals surface area contributed by atoms with Crippen molar-refractivity contribution in [3.63, 3.8) is 0 Å². The SMILES string of the molecule is COc1c(/C(C)=C/C(=O)O)cc(Cl)cc1C(C)C. The van der Waals surface area contributed by atoms with Crippen molar-refractivity contribution in [2.75, 3.05) is 7.11 Å². The molecule has 0 amide bonds. The van der Waals surface area contributed by atoms with Gasteiger partial charge in [-0.1, -0.05) is 25.4 Å². The summed E-state index contributed by atoms with van der Waals surface area (Å²) in [4.78, 5) is 10.7. The molecule has 0 aromatic heterocycles. The van der Waals surface area contributed by atoms with Gasteiger partial charge in [-0.15, -0.1) is 0 Å². The lowest BCUT2D eigenvalue weighted by molar-refractivity contribution is -0.131. The van der Waals surface area contributed by atoms with Crippen molar-refractivity contribution in [3.05, 3.63) is 34.4 Å². The summed E-state index contributed by atoms with van der Waals surface area (Å²) < 4.78 is 5.40. The lowest BCUT2D eigenvalue weighted by Crippen LogP contribution is -1.99. The summed E-state index contributed by atoms with van der Waals surface area (Å²) in [5, 5.41) is 9.38. The van der Waals surface area contributed by atoms with Crippen molar-refractivity contribution >= 4 is 23.1 Å². The van der Waals surface area contributed by atoms with Gasteiger partial charge in [0.2, 0.25) is 0 Å². The Balaban J connectivity index is 3.47. The predicted molar refractivity (Wildman–Crippen MR) is 73.4 cm³/mol. The van der Waals surface area contributed by atoms with E-state index in [1.54, 1.807) is 20.1 Å². The van der Waals surface area contributed by atoms with Crippen molar-refractivity contribution in [1.82, 2.24) is 0 Å². The van der Waals surface area contributed by atoms with Crippen LogP contribution >= 0.6 is 11.6 Å². The Morgan fingerprint density at radius 3 is 2.50 bits per heavy atom. The number of carboxylic acid groups (broad SMARTS) is 1. The van der Waals surface area contributed by atoms with Crippen LogP contribution in [0, 0.1) is 0 Å². The molecule has 3 nitrogen and oxygen atoms in total. The number of carboxylic acids is 1. The molecule has 0 aliphatic carbocycles. The van der Waals surface area contributed by atoms with Crippen molar-refractivity contribution in [3.8, 4) is 5.75 Å². The summed E-state index contributed by atoms with van der Waals surface area (Å²) in [6, 6.07) is 3.57. The zero-order valence-corrected chi connectivity index (χ0v) is 11.7. The number of methoxy groups -OCH3 is 1. The molecule has 0 fully saturated rings. The smallest absolute Gasteiger partial charge is 0.328 e. The van der Waals surface area contributed by atoms with E-state index in [1.807, 2.05) is 19.9 Å². The maximum absolute atomic E-state index is 10.7. The third-order valence-electron chi connectivity index (χ3n) is 2.67. The second kappa shape index (κ2) is 5.91. The molecule has 0 bridgehead atoms. The van der Waals surface area contributed by atoms with Gasteiger partial charge in [-0.2, -0.15) is 0 Å². The highest BCUT2D eigenvalue weighted by molar-refractivity contribution is 6.31. The molecule has 1 aromatic carbocycles. The maximum Gasteiger partial charge on any atom is 0.328 e. The molecule has 0 heterocycles. The molecular weight excluding hydrogens is 252 g/mol. The average Bonchev–Trinajstić information content (AvgIpc) is 2.26. The average molecular weight is 269 g/mol. The number of aliphatic carboxylic acids is 1. The minimum absolute atomic E-state index is 0.245. The summed E-state index contributed by atoms with van der Waals surface area (Å²) in [5.74, 6) is -0.0555. The van der Waals surface area contributed by atoms with Gasteiger partial charge in [0.25, 0.3) is 0 Å². The Kier molecular flexibility index (Phi) is 4.79. The Morgan fingerprint density at radius 1 is 1.44 bits per heavy atom. The molecule has 0 saturated heterocycles. The van der Waals surface area contributed by atoms with E-state index in [0.29, 0.717) is 16.3 Å². The van der Waals surface area contributed by atoms with Crippen LogP contribution in [0.4, 0.5) is 0 Å². The van der Waals surface area contributed by atoms with Gasteiger partial charge in [0.05, 0.1) is 7.11 Å². The highest BCUT2D eigenvalue weighted by atomic mass is 35.5. The van der Waals surface area contributed by atoms with Gasteiger partial charge in [0.15, 0.2) is 0 Å². The van der Waals surface area contributed by atoms with E-state index in [4.69, 9.17) is 21.4 Å². The Hall–Kier alpha value is -1.48. The monoisotopic (exact) mass is 268 g/mol. The number of ether oxygens (including phenoxy) is 1. The Morgan fingerprint density at radius 2 is 2.06 bits per heavy atom. The number of hydrogen-bond acceptors (Lipinski definition) is 2. The van der Waals surface area contributed by atoms with Crippen LogP contribution < -0.4 is 4.74 Å². The van der Waals surface area contributed by atoms with E-state index in [0.717, 1.165) is 17.2 Å². The molecule has 1 rings (SSSR count). The first kappa shape index (κ1) is 14.6. The van der Waals surface area contributed by atoms with Crippen molar-refractivity contribution in [2.45, 2.75) is 26.7 Å². The van der Waals surface area contributed by atoms with E-state index >= 15 is 0 Å². The van der Waals surface area contributed by atoms with Crippen LogP contribution in [0.15, 0.2) is 18.2 Å². The third kappa shape index (κ3) is 3.26. The molecule has 0 saturated carbocycles. The van der Waals surface area contributed by atoms with Gasteiger partial charge in [-0.3, -0.25) is 0 Å². The molecule has 4 heteroatoms. The molecule has 98 valence electrons. The lowest BCUT2D eigenvalue weighted by Gasteiger charge is -2.17. The standard InChI is InChI=1S/C14H17ClO3/c1-8(2)11-6-10(15)7-12(14(11)18-4)9(3)5-13(16)17/h5-8H,1-4H3,(H,16,17)/b9-5+. The van der Waals surface area contributed by atoms with Gasteiger partial charge < -0.3 is 9.84 Å².